The molecule has 0 amide bonds. The molecule has 4 N–H and O–H groups in total. The molecule has 0 aliphatic rings. The highest BCUT2D eigenvalue weighted by Crippen LogP contribution is 2.30. The van der Waals surface area contributed by atoms with Gasteiger partial charge >= 0.3 is 0 Å². The summed E-state index contributed by atoms with van der Waals surface area (Å²) in [5.74, 6) is -0.414. The highest BCUT2D eigenvalue weighted by Gasteiger charge is 2.19. The van der Waals surface area contributed by atoms with Crippen molar-refractivity contribution >= 4 is 17.1 Å². The molecular weight excluding hydrogens is 413 g/mol. The van der Waals surface area contributed by atoms with Crippen LogP contribution >= 0.6 is 0 Å². The molecule has 0 spiro atoms. The van der Waals surface area contributed by atoms with E-state index in [9.17, 15) is 14.3 Å². The maximum atomic E-state index is 14.6. The van der Waals surface area contributed by atoms with Gasteiger partial charge in [0.05, 0.1) is 23.7 Å². The highest BCUT2D eigenvalue weighted by atomic mass is 19.1. The van der Waals surface area contributed by atoms with Crippen molar-refractivity contribution in [3.63, 3.8) is 0 Å². The van der Waals surface area contributed by atoms with E-state index in [0.717, 1.165) is 24.1 Å². The number of anilines is 2. The molecule has 0 aliphatic carbocycles. The molecule has 0 saturated carbocycles. The number of nitrogens with zero attached hydrogens (tertiary/aromatic N) is 1. The molecule has 0 bridgehead atoms. The van der Waals surface area contributed by atoms with Crippen molar-refractivity contribution in [2.45, 2.75) is 59.6 Å². The van der Waals surface area contributed by atoms with Crippen molar-refractivity contribution < 1.29 is 19.4 Å². The van der Waals surface area contributed by atoms with Gasteiger partial charge in [-0.3, -0.25) is 15.1 Å². The fourth-order valence-electron chi connectivity index (χ4n) is 3.43. The van der Waals surface area contributed by atoms with Crippen molar-refractivity contribution in [3.8, 4) is 0 Å². The topological polar surface area (TPSA) is 95.8 Å². The van der Waals surface area contributed by atoms with Crippen LogP contribution in [0.2, 0.25) is 0 Å². The van der Waals surface area contributed by atoms with Crippen molar-refractivity contribution in [1.29, 1.82) is 0 Å². The van der Waals surface area contributed by atoms with Crippen LogP contribution in [0, 0.1) is 12.7 Å². The highest BCUT2D eigenvalue weighted by molar-refractivity contribution is 5.79. The molecule has 1 aromatic heterocycles. The van der Waals surface area contributed by atoms with Gasteiger partial charge in [-0.05, 0) is 44.4 Å². The number of hydrogen-bond acceptors (Lipinski definition) is 6. The van der Waals surface area contributed by atoms with E-state index in [1.54, 1.807) is 16.7 Å². The van der Waals surface area contributed by atoms with Gasteiger partial charge in [-0.1, -0.05) is 32.4 Å². The van der Waals surface area contributed by atoms with Crippen LogP contribution < -0.4 is 16.4 Å². The Labute approximate surface area is 188 Å². The Kier molecular flexibility index (Phi) is 9.90. The summed E-state index contributed by atoms with van der Waals surface area (Å²) in [6.45, 7) is 7.64. The molecule has 0 radical (unpaired) electrons. The standard InChI is InChI=1S/C24H34FN3O4/c1-5-8-9-20(27-32-15-17(30)14-29)24-21(13-23(31)28(7-3)22(24)6-2)26-19-11-10-16(4)12-18(19)25/h9-13,17,26-27,29-30H,5-8,14-15H2,1-4H3/b20-9-. The average molecular weight is 448 g/mol. The first-order chi connectivity index (χ1) is 15.4. The summed E-state index contributed by atoms with van der Waals surface area (Å²) in [6.07, 6.45) is 3.11. The number of aliphatic hydroxyl groups is 2. The molecule has 1 aromatic carbocycles. The predicted molar refractivity (Wildman–Crippen MR) is 125 cm³/mol. The van der Waals surface area contributed by atoms with E-state index in [2.05, 4.69) is 10.8 Å². The summed E-state index contributed by atoms with van der Waals surface area (Å²) in [5, 5.41) is 21.7. The maximum absolute atomic E-state index is 14.6. The second-order valence-electron chi connectivity index (χ2n) is 7.58. The summed E-state index contributed by atoms with van der Waals surface area (Å²) < 4.78 is 16.3. The summed E-state index contributed by atoms with van der Waals surface area (Å²) in [5.41, 5.74) is 6.28. The van der Waals surface area contributed by atoms with Crippen molar-refractivity contribution in [2.75, 3.05) is 18.5 Å². The molecule has 0 fully saturated rings. The van der Waals surface area contributed by atoms with Gasteiger partial charge in [-0.2, -0.15) is 0 Å². The monoisotopic (exact) mass is 447 g/mol. The van der Waals surface area contributed by atoms with Crippen LogP contribution in [0.5, 0.6) is 0 Å². The Morgan fingerprint density at radius 1 is 1.25 bits per heavy atom. The van der Waals surface area contributed by atoms with Crippen LogP contribution in [0.3, 0.4) is 0 Å². The molecule has 2 rings (SSSR count). The third-order valence-electron chi connectivity index (χ3n) is 5.04. The first-order valence-corrected chi connectivity index (χ1v) is 11.0. The lowest BCUT2D eigenvalue weighted by Crippen LogP contribution is -2.28. The van der Waals surface area contributed by atoms with E-state index in [1.807, 2.05) is 33.8 Å². The number of hydrogen-bond donors (Lipinski definition) is 4. The Bertz CT molecular complexity index is 988. The summed E-state index contributed by atoms with van der Waals surface area (Å²) in [7, 11) is 0. The Morgan fingerprint density at radius 2 is 2.00 bits per heavy atom. The molecule has 32 heavy (non-hydrogen) atoms. The van der Waals surface area contributed by atoms with Crippen molar-refractivity contribution in [1.82, 2.24) is 10.0 Å². The third-order valence-corrected chi connectivity index (χ3v) is 5.04. The lowest BCUT2D eigenvalue weighted by Gasteiger charge is -2.23. The molecule has 1 heterocycles. The first kappa shape index (κ1) is 25.6. The predicted octanol–water partition coefficient (Wildman–Crippen LogP) is 3.64. The van der Waals surface area contributed by atoms with Gasteiger partial charge in [0, 0.05) is 23.9 Å². The molecule has 0 aliphatic heterocycles. The van der Waals surface area contributed by atoms with Crippen LogP contribution in [0.15, 0.2) is 35.1 Å². The first-order valence-electron chi connectivity index (χ1n) is 11.0. The average Bonchev–Trinajstić information content (AvgIpc) is 2.77. The second-order valence-corrected chi connectivity index (χ2v) is 7.58. The Hall–Kier alpha value is -2.68. The molecule has 8 heteroatoms. The normalized spacial score (nSPS) is 12.7. The maximum Gasteiger partial charge on any atom is 0.252 e. The van der Waals surface area contributed by atoms with Gasteiger partial charge in [-0.25, -0.2) is 4.39 Å². The summed E-state index contributed by atoms with van der Waals surface area (Å²) in [4.78, 5) is 18.2. The summed E-state index contributed by atoms with van der Waals surface area (Å²) in [6, 6.07) is 6.33. The van der Waals surface area contributed by atoms with E-state index < -0.39 is 18.5 Å². The van der Waals surface area contributed by atoms with E-state index >= 15 is 0 Å². The third kappa shape index (κ3) is 6.41. The van der Waals surface area contributed by atoms with E-state index in [1.165, 1.54) is 12.1 Å². The number of unbranched alkanes of at least 4 members (excludes halogenated alkanes) is 1. The SMILES string of the molecule is CCC/C=C(\NOCC(O)CO)c1c(Nc2ccc(C)cc2F)cc(=O)n(CC)c1CC. The summed E-state index contributed by atoms with van der Waals surface area (Å²) >= 11 is 0. The van der Waals surface area contributed by atoms with Gasteiger partial charge in [0.15, 0.2) is 0 Å². The number of allylic oxidation sites excluding steroid dienone is 1. The largest absolute Gasteiger partial charge is 0.394 e. The minimum Gasteiger partial charge on any atom is -0.394 e. The molecule has 7 nitrogen and oxygen atoms in total. The van der Waals surface area contributed by atoms with Crippen LogP contribution in [-0.4, -0.2) is 34.1 Å². The van der Waals surface area contributed by atoms with Crippen LogP contribution in [0.25, 0.3) is 5.70 Å². The smallest absolute Gasteiger partial charge is 0.252 e. The zero-order valence-corrected chi connectivity index (χ0v) is 19.2. The number of aryl methyl sites for hydroxylation is 1. The number of pyridine rings is 1. The molecule has 0 saturated heterocycles. The van der Waals surface area contributed by atoms with Crippen molar-refractivity contribution in [3.05, 3.63) is 63.3 Å². The van der Waals surface area contributed by atoms with Crippen LogP contribution in [-0.2, 0) is 17.8 Å². The van der Waals surface area contributed by atoms with Gasteiger partial charge in [0.25, 0.3) is 5.56 Å². The number of benzene rings is 1. The minimum absolute atomic E-state index is 0.121. The zero-order valence-electron chi connectivity index (χ0n) is 19.2. The van der Waals surface area contributed by atoms with Gasteiger partial charge in [0.1, 0.15) is 18.5 Å². The Balaban J connectivity index is 2.61. The van der Waals surface area contributed by atoms with Gasteiger partial charge in [0.2, 0.25) is 0 Å². The lowest BCUT2D eigenvalue weighted by molar-refractivity contribution is -0.0190. The number of rotatable bonds is 12. The molecular formula is C24H34FN3O4. The fourth-order valence-corrected chi connectivity index (χ4v) is 3.43. The zero-order chi connectivity index (χ0) is 23.7. The molecule has 2 aromatic rings. The molecule has 1 atom stereocenters. The number of aliphatic hydroxyl groups excluding tert-OH is 2. The van der Waals surface area contributed by atoms with Gasteiger partial charge in [-0.15, -0.1) is 0 Å². The Morgan fingerprint density at radius 3 is 2.59 bits per heavy atom. The van der Waals surface area contributed by atoms with E-state index in [0.29, 0.717) is 29.9 Å². The number of hydroxylamine groups is 1. The lowest BCUT2D eigenvalue weighted by atomic mass is 10.0. The number of halogens is 1. The number of nitrogens with one attached hydrogen (secondary N) is 2. The van der Waals surface area contributed by atoms with Crippen LogP contribution in [0.1, 0.15) is 50.4 Å². The van der Waals surface area contributed by atoms with Crippen LogP contribution in [0.4, 0.5) is 15.8 Å². The molecule has 176 valence electrons. The quantitative estimate of drug-likeness (QED) is 0.371. The number of aromatic nitrogens is 1. The minimum atomic E-state index is -1.02. The van der Waals surface area contributed by atoms with E-state index in [-0.39, 0.29) is 17.9 Å². The molecule has 1 unspecified atom stereocenters. The second kappa shape index (κ2) is 12.4. The van der Waals surface area contributed by atoms with Crippen molar-refractivity contribution in [2.24, 2.45) is 0 Å². The van der Waals surface area contributed by atoms with E-state index in [4.69, 9.17) is 9.94 Å². The fraction of sp³-hybridized carbons (Fsp3) is 0.458. The van der Waals surface area contributed by atoms with Gasteiger partial charge < -0.3 is 20.1 Å².